The fourth-order valence-corrected chi connectivity index (χ4v) is 9.32. The second-order valence-corrected chi connectivity index (χ2v) is 14.8. The monoisotopic (exact) mass is 645 g/mol. The summed E-state index contributed by atoms with van der Waals surface area (Å²) < 4.78 is 2.53. The Morgan fingerprint density at radius 1 is 0.700 bits per heavy atom. The number of benzene rings is 4. The molecule has 0 fully saturated rings. The Balaban J connectivity index is 1.07. The summed E-state index contributed by atoms with van der Waals surface area (Å²) in [6.07, 6.45) is 20.5. The lowest BCUT2D eigenvalue weighted by Gasteiger charge is -2.34. The van der Waals surface area contributed by atoms with Crippen LogP contribution in [-0.2, 0) is 5.41 Å². The number of nitrogens with zero attached hydrogens (tertiary/aromatic N) is 3. The van der Waals surface area contributed by atoms with Gasteiger partial charge < -0.3 is 4.57 Å². The topological polar surface area (TPSA) is 30.7 Å². The van der Waals surface area contributed by atoms with Gasteiger partial charge in [0.15, 0.2) is 5.82 Å². The van der Waals surface area contributed by atoms with Crippen molar-refractivity contribution in [1.29, 1.82) is 0 Å². The summed E-state index contributed by atoms with van der Waals surface area (Å²) in [6.45, 7) is 4.87. The Morgan fingerprint density at radius 2 is 1.44 bits per heavy atom. The third-order valence-electron chi connectivity index (χ3n) is 11.7. The van der Waals surface area contributed by atoms with Crippen LogP contribution in [-0.4, -0.2) is 14.5 Å². The summed E-state index contributed by atoms with van der Waals surface area (Å²) >= 11 is 0. The molecule has 0 radical (unpaired) electrons. The van der Waals surface area contributed by atoms with Gasteiger partial charge >= 0.3 is 0 Å². The third-order valence-corrected chi connectivity index (χ3v) is 11.7. The minimum Gasteiger partial charge on any atom is -0.313 e. The number of allylic oxidation sites excluding steroid dienone is 9. The second-order valence-electron chi connectivity index (χ2n) is 14.8. The maximum Gasteiger partial charge on any atom is 0.160 e. The summed E-state index contributed by atoms with van der Waals surface area (Å²) in [6, 6.07) is 35.4. The van der Waals surface area contributed by atoms with Gasteiger partial charge in [0.25, 0.3) is 0 Å². The second kappa shape index (κ2) is 11.2. The van der Waals surface area contributed by atoms with E-state index in [1.807, 2.05) is 0 Å². The van der Waals surface area contributed by atoms with E-state index in [-0.39, 0.29) is 5.41 Å². The van der Waals surface area contributed by atoms with Crippen LogP contribution in [0.15, 0.2) is 145 Å². The first-order valence-electron chi connectivity index (χ1n) is 18.1. The minimum atomic E-state index is -0.00365. The molecule has 3 heteroatoms. The number of fused-ring (bicyclic) bond motifs is 8. The SMILES string of the molecule is CC1(C)c2ccccc2C2C=Cc3c(n(-c4ccc(-c5nc(C6=CC=C(C7=CC=CCC7)CC6)c6ccccc6n5)cc4)c4ccccc34)C21. The van der Waals surface area contributed by atoms with Crippen molar-refractivity contribution in [2.75, 3.05) is 0 Å². The summed E-state index contributed by atoms with van der Waals surface area (Å²) in [5.41, 5.74) is 15.4. The van der Waals surface area contributed by atoms with E-state index in [1.165, 1.54) is 55.7 Å². The highest BCUT2D eigenvalue weighted by atomic mass is 15.0. The van der Waals surface area contributed by atoms with Crippen LogP contribution < -0.4 is 0 Å². The number of hydrogen-bond acceptors (Lipinski definition) is 2. The van der Waals surface area contributed by atoms with E-state index < -0.39 is 0 Å². The zero-order valence-corrected chi connectivity index (χ0v) is 28.6. The first-order chi connectivity index (χ1) is 24.6. The van der Waals surface area contributed by atoms with Crippen molar-refractivity contribution in [3.05, 3.63) is 173 Å². The lowest BCUT2D eigenvalue weighted by Crippen LogP contribution is -2.27. The van der Waals surface area contributed by atoms with Gasteiger partial charge in [-0.3, -0.25) is 0 Å². The van der Waals surface area contributed by atoms with Gasteiger partial charge in [0, 0.05) is 45.1 Å². The van der Waals surface area contributed by atoms with Gasteiger partial charge in [0.05, 0.1) is 16.7 Å². The standard InChI is InChI=1S/C47H39N3/c1-47(2)40-17-9-6-14-35(40)37-28-29-38-36-15-8-11-19-42(36)50(45(38)43(37)47)34-26-24-33(25-27-34)46-48-41-18-10-7-16-39(41)44(49-46)32-22-20-31(21-23-32)30-12-4-3-5-13-30/h3-4,6-12,14-20,22,24-29,37,43H,5,13,21,23H2,1-2H3. The van der Waals surface area contributed by atoms with Crippen LogP contribution in [0.1, 0.15) is 79.4 Å². The molecule has 2 atom stereocenters. The molecule has 0 aliphatic heterocycles. The Labute approximate surface area is 293 Å². The molecule has 6 aromatic rings. The van der Waals surface area contributed by atoms with Gasteiger partial charge in [0.1, 0.15) is 0 Å². The van der Waals surface area contributed by atoms with E-state index in [2.05, 4.69) is 158 Å². The number of rotatable bonds is 4. The maximum atomic E-state index is 5.28. The molecule has 0 saturated carbocycles. The predicted octanol–water partition coefficient (Wildman–Crippen LogP) is 11.8. The van der Waals surface area contributed by atoms with E-state index >= 15 is 0 Å². The van der Waals surface area contributed by atoms with Gasteiger partial charge in [-0.15, -0.1) is 0 Å². The molecule has 2 aromatic heterocycles. The Hall–Kier alpha value is -5.54. The van der Waals surface area contributed by atoms with Crippen LogP contribution in [0, 0.1) is 0 Å². The zero-order chi connectivity index (χ0) is 33.4. The molecule has 0 N–H and O–H groups in total. The van der Waals surface area contributed by atoms with E-state index in [9.17, 15) is 0 Å². The fraction of sp³-hybridized carbons (Fsp3) is 0.191. The molecule has 4 aromatic carbocycles. The Morgan fingerprint density at radius 3 is 2.26 bits per heavy atom. The summed E-state index contributed by atoms with van der Waals surface area (Å²) in [5.74, 6) is 1.47. The van der Waals surface area contributed by atoms with Crippen molar-refractivity contribution in [2.24, 2.45) is 0 Å². The molecular weight excluding hydrogens is 607 g/mol. The van der Waals surface area contributed by atoms with Crippen LogP contribution in [0.3, 0.4) is 0 Å². The molecule has 0 bridgehead atoms. The number of aromatic nitrogens is 3. The fourth-order valence-electron chi connectivity index (χ4n) is 9.32. The summed E-state index contributed by atoms with van der Waals surface area (Å²) in [7, 11) is 0. The molecule has 10 rings (SSSR count). The summed E-state index contributed by atoms with van der Waals surface area (Å²) in [5, 5.41) is 2.42. The quantitative estimate of drug-likeness (QED) is 0.191. The van der Waals surface area contributed by atoms with Crippen molar-refractivity contribution in [3.8, 4) is 17.1 Å². The van der Waals surface area contributed by atoms with Crippen molar-refractivity contribution in [3.63, 3.8) is 0 Å². The molecule has 2 unspecified atom stereocenters. The number of para-hydroxylation sites is 2. The van der Waals surface area contributed by atoms with E-state index in [0.29, 0.717) is 11.8 Å². The molecule has 2 heterocycles. The molecule has 0 spiro atoms. The van der Waals surface area contributed by atoms with Crippen molar-refractivity contribution >= 4 is 33.5 Å². The molecule has 4 aliphatic rings. The molecular formula is C47H39N3. The largest absolute Gasteiger partial charge is 0.313 e. The summed E-state index contributed by atoms with van der Waals surface area (Å²) in [4.78, 5) is 10.4. The minimum absolute atomic E-state index is 0.00365. The van der Waals surface area contributed by atoms with Gasteiger partial charge in [-0.25, -0.2) is 9.97 Å². The number of hydrogen-bond donors (Lipinski definition) is 0. The Kier molecular flexibility index (Phi) is 6.61. The zero-order valence-electron chi connectivity index (χ0n) is 28.6. The van der Waals surface area contributed by atoms with Crippen LogP contribution >= 0.6 is 0 Å². The highest BCUT2D eigenvalue weighted by molar-refractivity contribution is 5.95. The van der Waals surface area contributed by atoms with Crippen LogP contribution in [0.4, 0.5) is 0 Å². The first kappa shape index (κ1) is 29.4. The van der Waals surface area contributed by atoms with Crippen molar-refractivity contribution in [1.82, 2.24) is 14.5 Å². The highest BCUT2D eigenvalue weighted by Gasteiger charge is 2.49. The van der Waals surface area contributed by atoms with Crippen LogP contribution in [0.5, 0.6) is 0 Å². The smallest absolute Gasteiger partial charge is 0.160 e. The van der Waals surface area contributed by atoms with Crippen LogP contribution in [0.25, 0.3) is 50.5 Å². The van der Waals surface area contributed by atoms with Gasteiger partial charge in [0.2, 0.25) is 0 Å². The molecule has 242 valence electrons. The average Bonchev–Trinajstić information content (AvgIpc) is 3.63. The van der Waals surface area contributed by atoms with Gasteiger partial charge in [-0.2, -0.15) is 0 Å². The highest BCUT2D eigenvalue weighted by Crippen LogP contribution is 2.60. The first-order valence-corrected chi connectivity index (χ1v) is 18.1. The van der Waals surface area contributed by atoms with E-state index in [0.717, 1.165) is 53.7 Å². The molecule has 50 heavy (non-hydrogen) atoms. The van der Waals surface area contributed by atoms with Crippen molar-refractivity contribution in [2.45, 2.75) is 56.8 Å². The average molecular weight is 646 g/mol. The van der Waals surface area contributed by atoms with Gasteiger partial charge in [-0.05, 0) is 95.3 Å². The predicted molar refractivity (Wildman–Crippen MR) is 208 cm³/mol. The lowest BCUT2D eigenvalue weighted by molar-refractivity contribution is 0.413. The Bertz CT molecular complexity index is 2510. The van der Waals surface area contributed by atoms with E-state index in [4.69, 9.17) is 9.97 Å². The normalized spacial score (nSPS) is 20.2. The molecule has 0 amide bonds. The molecule has 4 aliphatic carbocycles. The molecule has 3 nitrogen and oxygen atoms in total. The molecule has 0 saturated heterocycles. The lowest BCUT2D eigenvalue weighted by atomic mass is 9.71. The van der Waals surface area contributed by atoms with Gasteiger partial charge in [-0.1, -0.05) is 117 Å². The van der Waals surface area contributed by atoms with Crippen LogP contribution in [0.2, 0.25) is 0 Å². The maximum absolute atomic E-state index is 5.28. The van der Waals surface area contributed by atoms with E-state index in [1.54, 1.807) is 0 Å². The van der Waals surface area contributed by atoms with Crippen molar-refractivity contribution < 1.29 is 0 Å². The third kappa shape index (κ3) is 4.42.